The summed E-state index contributed by atoms with van der Waals surface area (Å²) in [7, 11) is 0. The Kier molecular flexibility index (Phi) is 4.54. The van der Waals surface area contributed by atoms with Gasteiger partial charge in [0.05, 0.1) is 5.56 Å². The highest BCUT2D eigenvalue weighted by Crippen LogP contribution is 2.32. The second-order valence-electron chi connectivity index (χ2n) is 4.84. The van der Waals surface area contributed by atoms with Gasteiger partial charge in [0.25, 0.3) is 0 Å². The molecule has 1 unspecified atom stereocenters. The lowest BCUT2D eigenvalue weighted by atomic mass is 10.2. The molecule has 0 aromatic carbocycles. The van der Waals surface area contributed by atoms with E-state index in [1.807, 2.05) is 0 Å². The molecule has 21 heavy (non-hydrogen) atoms. The molecule has 1 saturated heterocycles. The van der Waals surface area contributed by atoms with Gasteiger partial charge in [0.2, 0.25) is 5.91 Å². The van der Waals surface area contributed by atoms with Gasteiger partial charge in [-0.15, -0.1) is 0 Å². The van der Waals surface area contributed by atoms with Gasteiger partial charge in [0.15, 0.2) is 0 Å². The second-order valence-corrected chi connectivity index (χ2v) is 4.84. The molecule has 3 N–H and O–H groups in total. The van der Waals surface area contributed by atoms with Crippen molar-refractivity contribution >= 4 is 17.5 Å². The van der Waals surface area contributed by atoms with Crippen molar-refractivity contribution in [3.8, 4) is 0 Å². The summed E-state index contributed by atoms with van der Waals surface area (Å²) in [5, 5.41) is 8.37. The van der Waals surface area contributed by atoms with Crippen LogP contribution in [0.15, 0.2) is 12.1 Å². The van der Waals surface area contributed by atoms with Crippen LogP contribution in [0.3, 0.4) is 0 Å². The zero-order valence-corrected chi connectivity index (χ0v) is 11.5. The Hall–Kier alpha value is -1.99. The minimum atomic E-state index is -4.43. The van der Waals surface area contributed by atoms with Crippen molar-refractivity contribution in [2.75, 3.05) is 23.7 Å². The van der Waals surface area contributed by atoms with Gasteiger partial charge in [0.1, 0.15) is 11.6 Å². The number of hydrogen-bond acceptors (Lipinski definition) is 4. The van der Waals surface area contributed by atoms with E-state index in [9.17, 15) is 18.0 Å². The number of halogens is 3. The molecule has 1 aliphatic heterocycles. The van der Waals surface area contributed by atoms with E-state index >= 15 is 0 Å². The zero-order valence-electron chi connectivity index (χ0n) is 11.5. The summed E-state index contributed by atoms with van der Waals surface area (Å²) in [6.45, 7) is 2.61. The van der Waals surface area contributed by atoms with Crippen LogP contribution in [0.4, 0.5) is 24.8 Å². The normalized spacial score (nSPS) is 18.5. The molecule has 1 amide bonds. The maximum absolute atomic E-state index is 12.8. The molecule has 0 aliphatic carbocycles. The third-order valence-corrected chi connectivity index (χ3v) is 3.13. The van der Waals surface area contributed by atoms with Gasteiger partial charge in [-0.1, -0.05) is 0 Å². The van der Waals surface area contributed by atoms with Crippen LogP contribution in [0.5, 0.6) is 0 Å². The Morgan fingerprint density at radius 3 is 2.52 bits per heavy atom. The topological polar surface area (TPSA) is 66.0 Å². The molecule has 0 spiro atoms. The number of nitrogens with one attached hydrogen (secondary N) is 3. The number of aromatic nitrogens is 1. The highest BCUT2D eigenvalue weighted by molar-refractivity contribution is 5.78. The molecule has 0 radical (unpaired) electrons. The first-order chi connectivity index (χ1) is 9.88. The van der Waals surface area contributed by atoms with Crippen molar-refractivity contribution in [1.82, 2.24) is 10.3 Å². The molecule has 8 heteroatoms. The summed E-state index contributed by atoms with van der Waals surface area (Å²) >= 11 is 0. The highest BCUT2D eigenvalue weighted by atomic mass is 19.4. The molecule has 1 atom stereocenters. The molecule has 5 nitrogen and oxygen atoms in total. The van der Waals surface area contributed by atoms with Gasteiger partial charge in [-0.05, 0) is 25.5 Å². The number of carbonyl (C=O) groups excluding carboxylic acids is 1. The SMILES string of the molecule is CCNc1cc(C(F)(F)F)cc(NCC2CCC(=O)N2)n1. The van der Waals surface area contributed by atoms with E-state index in [0.29, 0.717) is 25.9 Å². The summed E-state index contributed by atoms with van der Waals surface area (Å²) in [6.07, 6.45) is -3.30. The number of alkyl halides is 3. The lowest BCUT2D eigenvalue weighted by Crippen LogP contribution is -2.32. The van der Waals surface area contributed by atoms with E-state index in [2.05, 4.69) is 20.9 Å². The lowest BCUT2D eigenvalue weighted by Gasteiger charge is -2.15. The van der Waals surface area contributed by atoms with Gasteiger partial charge in [-0.25, -0.2) is 4.98 Å². The molecule has 1 aromatic rings. The van der Waals surface area contributed by atoms with E-state index in [4.69, 9.17) is 0 Å². The van der Waals surface area contributed by atoms with Crippen molar-refractivity contribution in [3.05, 3.63) is 17.7 Å². The van der Waals surface area contributed by atoms with Crippen LogP contribution in [-0.4, -0.2) is 30.0 Å². The number of carbonyl (C=O) groups is 1. The maximum Gasteiger partial charge on any atom is 0.416 e. The smallest absolute Gasteiger partial charge is 0.370 e. The van der Waals surface area contributed by atoms with E-state index < -0.39 is 11.7 Å². The minimum absolute atomic E-state index is 0.0351. The van der Waals surface area contributed by atoms with Crippen LogP contribution in [0, 0.1) is 0 Å². The van der Waals surface area contributed by atoms with E-state index in [1.54, 1.807) is 6.92 Å². The van der Waals surface area contributed by atoms with Crippen LogP contribution in [0.2, 0.25) is 0 Å². The van der Waals surface area contributed by atoms with Crippen LogP contribution in [-0.2, 0) is 11.0 Å². The van der Waals surface area contributed by atoms with Crippen LogP contribution >= 0.6 is 0 Å². The first kappa shape index (κ1) is 15.4. The Labute approximate surface area is 120 Å². The first-order valence-electron chi connectivity index (χ1n) is 6.75. The van der Waals surface area contributed by atoms with Crippen molar-refractivity contribution in [2.45, 2.75) is 32.0 Å². The Balaban J connectivity index is 2.10. The van der Waals surface area contributed by atoms with Gasteiger partial charge < -0.3 is 16.0 Å². The summed E-state index contributed by atoms with van der Waals surface area (Å²) in [5.74, 6) is 0.277. The predicted octanol–water partition coefficient (Wildman–Crippen LogP) is 2.22. The molecule has 116 valence electrons. The monoisotopic (exact) mass is 302 g/mol. The van der Waals surface area contributed by atoms with Crippen molar-refractivity contribution in [1.29, 1.82) is 0 Å². The van der Waals surface area contributed by atoms with Gasteiger partial charge >= 0.3 is 6.18 Å². The fourth-order valence-corrected chi connectivity index (χ4v) is 2.11. The Bertz CT molecular complexity index is 519. The summed E-state index contributed by atoms with van der Waals surface area (Å²) in [4.78, 5) is 15.2. The predicted molar refractivity (Wildman–Crippen MR) is 73.1 cm³/mol. The number of pyridine rings is 1. The van der Waals surface area contributed by atoms with Crippen LogP contribution < -0.4 is 16.0 Å². The average Bonchev–Trinajstić information content (AvgIpc) is 2.81. The molecule has 2 rings (SSSR count). The molecular weight excluding hydrogens is 285 g/mol. The number of amides is 1. The van der Waals surface area contributed by atoms with Crippen molar-refractivity contribution < 1.29 is 18.0 Å². The summed E-state index contributed by atoms with van der Waals surface area (Å²) < 4.78 is 38.5. The van der Waals surface area contributed by atoms with Gasteiger partial charge in [0, 0.05) is 25.6 Å². The molecule has 1 aromatic heterocycles. The standard InChI is InChI=1S/C13H17F3N4O/c1-2-17-10-5-8(13(14,15)16)6-11(20-10)18-7-9-3-4-12(21)19-9/h5-6,9H,2-4,7H2,1H3,(H,19,21)(H2,17,18,20). The number of nitrogens with zero attached hydrogens (tertiary/aromatic N) is 1. The number of rotatable bonds is 5. The van der Waals surface area contributed by atoms with Crippen LogP contribution in [0.1, 0.15) is 25.3 Å². The molecule has 1 fully saturated rings. The molecule has 1 aliphatic rings. The van der Waals surface area contributed by atoms with E-state index in [0.717, 1.165) is 12.1 Å². The quantitative estimate of drug-likeness (QED) is 0.780. The Morgan fingerprint density at radius 1 is 1.33 bits per heavy atom. The third kappa shape index (κ3) is 4.24. The molecule has 0 saturated carbocycles. The number of anilines is 2. The fourth-order valence-electron chi connectivity index (χ4n) is 2.11. The third-order valence-electron chi connectivity index (χ3n) is 3.13. The maximum atomic E-state index is 12.8. The van der Waals surface area contributed by atoms with Crippen LogP contribution in [0.25, 0.3) is 0 Å². The first-order valence-corrected chi connectivity index (χ1v) is 6.75. The second kappa shape index (κ2) is 6.19. The average molecular weight is 302 g/mol. The lowest BCUT2D eigenvalue weighted by molar-refractivity contribution is -0.137. The largest absolute Gasteiger partial charge is 0.416 e. The summed E-state index contributed by atoms with van der Waals surface area (Å²) in [5.41, 5.74) is -0.758. The van der Waals surface area contributed by atoms with E-state index in [-0.39, 0.29) is 23.6 Å². The highest BCUT2D eigenvalue weighted by Gasteiger charge is 2.31. The molecule has 2 heterocycles. The van der Waals surface area contributed by atoms with Crippen molar-refractivity contribution in [3.63, 3.8) is 0 Å². The molecule has 0 bridgehead atoms. The number of hydrogen-bond donors (Lipinski definition) is 3. The zero-order chi connectivity index (χ0) is 15.5. The minimum Gasteiger partial charge on any atom is -0.370 e. The molecular formula is C13H17F3N4O. The van der Waals surface area contributed by atoms with Gasteiger partial charge in [-0.3, -0.25) is 4.79 Å². The van der Waals surface area contributed by atoms with Gasteiger partial charge in [-0.2, -0.15) is 13.2 Å². The van der Waals surface area contributed by atoms with E-state index in [1.165, 1.54) is 0 Å². The summed E-state index contributed by atoms with van der Waals surface area (Å²) in [6, 6.07) is 1.88. The van der Waals surface area contributed by atoms with Crippen molar-refractivity contribution in [2.24, 2.45) is 0 Å². The Morgan fingerprint density at radius 2 is 2.00 bits per heavy atom. The fraction of sp³-hybridized carbons (Fsp3) is 0.538.